The lowest BCUT2D eigenvalue weighted by atomic mass is 10.1. The minimum Gasteiger partial charge on any atom is -0.456 e. The van der Waals surface area contributed by atoms with Gasteiger partial charge in [-0.3, -0.25) is 0 Å². The van der Waals surface area contributed by atoms with Gasteiger partial charge in [0.2, 0.25) is 0 Å². The number of benzene rings is 1. The van der Waals surface area contributed by atoms with Gasteiger partial charge in [0.1, 0.15) is 5.60 Å². The van der Waals surface area contributed by atoms with Gasteiger partial charge >= 0.3 is 5.97 Å². The second-order valence-electron chi connectivity index (χ2n) is 6.07. The SMILES string of the molecule is CC(C)(C)OC(=O)c1ccccc1N1CCCCC1. The number of anilines is 1. The molecule has 1 heterocycles. The van der Waals surface area contributed by atoms with Gasteiger partial charge in [0, 0.05) is 13.1 Å². The molecule has 0 bridgehead atoms. The fourth-order valence-electron chi connectivity index (χ4n) is 2.39. The van der Waals surface area contributed by atoms with Crippen LogP contribution in [0.1, 0.15) is 50.4 Å². The van der Waals surface area contributed by atoms with Crippen LogP contribution in [0.5, 0.6) is 0 Å². The van der Waals surface area contributed by atoms with Crippen molar-refractivity contribution in [3.63, 3.8) is 0 Å². The number of hydrogen-bond acceptors (Lipinski definition) is 3. The normalized spacial score (nSPS) is 16.3. The standard InChI is InChI=1S/C16H23NO2/c1-16(2,3)19-15(18)13-9-5-6-10-14(13)17-11-7-4-8-12-17/h5-6,9-10H,4,7-8,11-12H2,1-3H3. The van der Waals surface area contributed by atoms with E-state index in [0.717, 1.165) is 18.8 Å². The van der Waals surface area contributed by atoms with Crippen LogP contribution in [0.25, 0.3) is 0 Å². The zero-order valence-corrected chi connectivity index (χ0v) is 12.1. The lowest BCUT2D eigenvalue weighted by molar-refractivity contribution is 0.00702. The molecule has 0 spiro atoms. The quantitative estimate of drug-likeness (QED) is 0.761. The van der Waals surface area contributed by atoms with Crippen LogP contribution in [0.2, 0.25) is 0 Å². The minimum atomic E-state index is -0.452. The lowest BCUT2D eigenvalue weighted by Gasteiger charge is -2.30. The molecule has 1 aliphatic heterocycles. The van der Waals surface area contributed by atoms with Gasteiger partial charge in [-0.05, 0) is 52.2 Å². The largest absolute Gasteiger partial charge is 0.456 e. The molecule has 0 atom stereocenters. The molecule has 3 heteroatoms. The highest BCUT2D eigenvalue weighted by atomic mass is 16.6. The molecule has 2 rings (SSSR count). The zero-order valence-electron chi connectivity index (χ0n) is 12.1. The van der Waals surface area contributed by atoms with Crippen molar-refractivity contribution in [2.75, 3.05) is 18.0 Å². The Bertz CT molecular complexity index is 442. The highest BCUT2D eigenvalue weighted by Crippen LogP contribution is 2.25. The van der Waals surface area contributed by atoms with E-state index in [1.54, 1.807) is 0 Å². The van der Waals surface area contributed by atoms with Crippen LogP contribution >= 0.6 is 0 Å². The molecule has 0 N–H and O–H groups in total. The van der Waals surface area contributed by atoms with E-state index in [-0.39, 0.29) is 5.97 Å². The summed E-state index contributed by atoms with van der Waals surface area (Å²) in [5, 5.41) is 0. The second kappa shape index (κ2) is 5.64. The number of rotatable bonds is 2. The summed E-state index contributed by atoms with van der Waals surface area (Å²) in [4.78, 5) is 14.6. The Morgan fingerprint density at radius 2 is 1.74 bits per heavy atom. The molecule has 0 amide bonds. The third-order valence-electron chi connectivity index (χ3n) is 3.22. The highest BCUT2D eigenvalue weighted by Gasteiger charge is 2.22. The van der Waals surface area contributed by atoms with Gasteiger partial charge in [-0.15, -0.1) is 0 Å². The summed E-state index contributed by atoms with van der Waals surface area (Å²) in [6.07, 6.45) is 3.68. The Kier molecular flexibility index (Phi) is 4.13. The molecule has 0 radical (unpaired) electrons. The molecule has 1 aromatic rings. The van der Waals surface area contributed by atoms with E-state index >= 15 is 0 Å². The van der Waals surface area contributed by atoms with E-state index in [1.165, 1.54) is 19.3 Å². The van der Waals surface area contributed by atoms with Crippen molar-refractivity contribution in [1.29, 1.82) is 0 Å². The average Bonchev–Trinajstić information content (AvgIpc) is 2.38. The Hall–Kier alpha value is -1.51. The van der Waals surface area contributed by atoms with Crippen molar-refractivity contribution < 1.29 is 9.53 Å². The van der Waals surface area contributed by atoms with E-state index in [9.17, 15) is 4.79 Å². The summed E-state index contributed by atoms with van der Waals surface area (Å²) in [7, 11) is 0. The maximum Gasteiger partial charge on any atom is 0.340 e. The predicted molar refractivity (Wildman–Crippen MR) is 77.7 cm³/mol. The first kappa shape index (κ1) is 13.9. The monoisotopic (exact) mass is 261 g/mol. The molecule has 1 aliphatic rings. The van der Waals surface area contributed by atoms with E-state index < -0.39 is 5.60 Å². The van der Waals surface area contributed by atoms with E-state index in [0.29, 0.717) is 5.56 Å². The Morgan fingerprint density at radius 1 is 1.11 bits per heavy atom. The predicted octanol–water partition coefficient (Wildman–Crippen LogP) is 3.63. The van der Waals surface area contributed by atoms with Crippen molar-refractivity contribution >= 4 is 11.7 Å². The van der Waals surface area contributed by atoms with Crippen LogP contribution in [0.4, 0.5) is 5.69 Å². The fourth-order valence-corrected chi connectivity index (χ4v) is 2.39. The summed E-state index contributed by atoms with van der Waals surface area (Å²) in [6.45, 7) is 7.75. The van der Waals surface area contributed by atoms with E-state index in [1.807, 2.05) is 45.0 Å². The fraction of sp³-hybridized carbons (Fsp3) is 0.562. The van der Waals surface area contributed by atoms with Crippen LogP contribution in [0.15, 0.2) is 24.3 Å². The maximum absolute atomic E-state index is 12.3. The summed E-state index contributed by atoms with van der Waals surface area (Å²) < 4.78 is 5.49. The van der Waals surface area contributed by atoms with Gasteiger partial charge in [0.05, 0.1) is 11.3 Å². The molecule has 0 aromatic heterocycles. The smallest absolute Gasteiger partial charge is 0.340 e. The van der Waals surface area contributed by atoms with Gasteiger partial charge in [-0.2, -0.15) is 0 Å². The molecule has 1 aromatic carbocycles. The number of hydrogen-bond donors (Lipinski definition) is 0. The highest BCUT2D eigenvalue weighted by molar-refractivity contribution is 5.96. The number of esters is 1. The van der Waals surface area contributed by atoms with Crippen LogP contribution in [0.3, 0.4) is 0 Å². The van der Waals surface area contributed by atoms with Crippen molar-refractivity contribution in [1.82, 2.24) is 0 Å². The van der Waals surface area contributed by atoms with Crippen LogP contribution in [-0.4, -0.2) is 24.7 Å². The van der Waals surface area contributed by atoms with Gasteiger partial charge in [0.25, 0.3) is 0 Å². The minimum absolute atomic E-state index is 0.228. The van der Waals surface area contributed by atoms with E-state index in [2.05, 4.69) is 4.90 Å². The topological polar surface area (TPSA) is 29.5 Å². The number of nitrogens with zero attached hydrogens (tertiary/aromatic N) is 1. The Morgan fingerprint density at radius 3 is 2.37 bits per heavy atom. The summed E-state index contributed by atoms with van der Waals surface area (Å²) >= 11 is 0. The van der Waals surface area contributed by atoms with Crippen molar-refractivity contribution in [2.45, 2.75) is 45.6 Å². The molecule has 19 heavy (non-hydrogen) atoms. The molecule has 1 saturated heterocycles. The van der Waals surface area contributed by atoms with Gasteiger partial charge < -0.3 is 9.64 Å². The number of carbonyl (C=O) groups excluding carboxylic acids is 1. The molecule has 104 valence electrons. The zero-order chi connectivity index (χ0) is 13.9. The van der Waals surface area contributed by atoms with E-state index in [4.69, 9.17) is 4.74 Å². The van der Waals surface area contributed by atoms with Crippen LogP contribution < -0.4 is 4.90 Å². The van der Waals surface area contributed by atoms with Gasteiger partial charge in [0.15, 0.2) is 0 Å². The molecule has 1 fully saturated rings. The molecule has 0 aliphatic carbocycles. The second-order valence-corrected chi connectivity index (χ2v) is 6.07. The Balaban J connectivity index is 2.22. The average molecular weight is 261 g/mol. The van der Waals surface area contributed by atoms with Crippen LogP contribution in [0, 0.1) is 0 Å². The summed E-state index contributed by atoms with van der Waals surface area (Å²) in [6, 6.07) is 7.76. The number of piperidine rings is 1. The van der Waals surface area contributed by atoms with Crippen molar-refractivity contribution in [3.05, 3.63) is 29.8 Å². The first-order chi connectivity index (χ1) is 8.97. The summed E-state index contributed by atoms with van der Waals surface area (Å²) in [5.74, 6) is -0.228. The third kappa shape index (κ3) is 3.72. The number of ether oxygens (including phenoxy) is 1. The third-order valence-corrected chi connectivity index (χ3v) is 3.22. The first-order valence-corrected chi connectivity index (χ1v) is 7.05. The van der Waals surface area contributed by atoms with Gasteiger partial charge in [-0.25, -0.2) is 4.79 Å². The summed E-state index contributed by atoms with van der Waals surface area (Å²) in [5.41, 5.74) is 1.24. The molecule has 3 nitrogen and oxygen atoms in total. The molecule has 0 saturated carbocycles. The van der Waals surface area contributed by atoms with Crippen molar-refractivity contribution in [2.24, 2.45) is 0 Å². The maximum atomic E-state index is 12.3. The lowest BCUT2D eigenvalue weighted by Crippen LogP contribution is -2.32. The van der Waals surface area contributed by atoms with Crippen LogP contribution in [-0.2, 0) is 4.74 Å². The van der Waals surface area contributed by atoms with Gasteiger partial charge in [-0.1, -0.05) is 12.1 Å². The molecular weight excluding hydrogens is 238 g/mol. The first-order valence-electron chi connectivity index (χ1n) is 7.05. The number of carbonyl (C=O) groups is 1. The number of para-hydroxylation sites is 1. The van der Waals surface area contributed by atoms with Crippen molar-refractivity contribution in [3.8, 4) is 0 Å². The molecule has 0 unspecified atom stereocenters. The Labute approximate surface area is 115 Å². The molecular formula is C16H23NO2.